The molecule has 0 unspecified atom stereocenters. The number of carbonyl (C=O) groups is 2. The molecule has 5 rings (SSSR count). The summed E-state index contributed by atoms with van der Waals surface area (Å²) in [6.07, 6.45) is 4.61. The van der Waals surface area contributed by atoms with Gasteiger partial charge >= 0.3 is 0 Å². The molecule has 1 saturated heterocycles. The molecule has 0 saturated carbocycles. The van der Waals surface area contributed by atoms with E-state index in [1.165, 1.54) is 24.1 Å². The molecule has 1 N–H and O–H groups in total. The Morgan fingerprint density at radius 2 is 1.65 bits per heavy atom. The molecule has 2 aliphatic rings. The van der Waals surface area contributed by atoms with Crippen LogP contribution in [0.4, 0.5) is 5.69 Å². The van der Waals surface area contributed by atoms with Crippen LogP contribution in [-0.4, -0.2) is 42.4 Å². The van der Waals surface area contributed by atoms with Crippen molar-refractivity contribution in [1.82, 2.24) is 10.2 Å². The Bertz CT molecular complexity index is 1330. The lowest BCUT2D eigenvalue weighted by Gasteiger charge is -2.29. The van der Waals surface area contributed by atoms with Crippen LogP contribution < -0.4 is 10.2 Å². The minimum Gasteiger partial charge on any atom is -0.372 e. The first-order valence-corrected chi connectivity index (χ1v) is 14.5. The van der Waals surface area contributed by atoms with E-state index >= 15 is 0 Å². The number of nitrogens with one attached hydrogen (secondary N) is 1. The Kier molecular flexibility index (Phi) is 8.89. The van der Waals surface area contributed by atoms with Crippen molar-refractivity contribution in [1.29, 1.82) is 0 Å². The van der Waals surface area contributed by atoms with E-state index in [-0.39, 0.29) is 18.4 Å². The zero-order valence-corrected chi connectivity index (χ0v) is 23.2. The number of fused-ring (bicyclic) bond motifs is 1. The third-order valence-electron chi connectivity index (χ3n) is 8.14. The molecule has 3 aromatic rings. The van der Waals surface area contributed by atoms with Gasteiger partial charge in [0, 0.05) is 31.9 Å². The molecule has 2 aliphatic heterocycles. The molecule has 2 atom stereocenters. The van der Waals surface area contributed by atoms with Crippen LogP contribution in [0.3, 0.4) is 0 Å². The van der Waals surface area contributed by atoms with Gasteiger partial charge in [-0.15, -0.1) is 4.91 Å². The number of hydrogen-bond acceptors (Lipinski definition) is 5. The number of carbonyl (C=O) groups excluding carboxylic acids is 2. The van der Waals surface area contributed by atoms with Crippen molar-refractivity contribution in [2.24, 2.45) is 5.18 Å². The van der Waals surface area contributed by atoms with Crippen molar-refractivity contribution in [3.8, 4) is 11.1 Å². The molecule has 0 aromatic heterocycles. The largest absolute Gasteiger partial charge is 0.372 e. The van der Waals surface area contributed by atoms with Gasteiger partial charge in [0.1, 0.15) is 0 Å². The average molecular weight is 539 g/mol. The van der Waals surface area contributed by atoms with E-state index in [1.807, 2.05) is 30.3 Å². The van der Waals surface area contributed by atoms with Crippen molar-refractivity contribution in [2.75, 3.05) is 24.5 Å². The van der Waals surface area contributed by atoms with Crippen LogP contribution in [0, 0.1) is 4.91 Å². The van der Waals surface area contributed by atoms with Crippen molar-refractivity contribution in [2.45, 2.75) is 64.1 Å². The molecule has 0 radical (unpaired) electrons. The molecule has 2 heterocycles. The highest BCUT2D eigenvalue weighted by Gasteiger charge is 2.29. The fourth-order valence-electron chi connectivity index (χ4n) is 5.83. The van der Waals surface area contributed by atoms with Crippen molar-refractivity contribution >= 4 is 17.5 Å². The Balaban J connectivity index is 1.23. The normalized spacial score (nSPS) is 16.2. The maximum Gasteiger partial charge on any atom is 0.249 e. The summed E-state index contributed by atoms with van der Waals surface area (Å²) in [4.78, 5) is 41.9. The molecule has 7 nitrogen and oxygen atoms in total. The molecule has 3 aromatic carbocycles. The number of nitrogens with zero attached hydrogens (tertiary/aromatic N) is 3. The Morgan fingerprint density at radius 3 is 2.38 bits per heavy atom. The maximum atomic E-state index is 13.1. The van der Waals surface area contributed by atoms with Crippen LogP contribution in [0.25, 0.3) is 11.1 Å². The van der Waals surface area contributed by atoms with E-state index in [4.69, 9.17) is 0 Å². The van der Waals surface area contributed by atoms with Crippen LogP contribution >= 0.6 is 0 Å². The number of hydrogen-bond donors (Lipinski definition) is 1. The van der Waals surface area contributed by atoms with Gasteiger partial charge in [-0.2, -0.15) is 0 Å². The average Bonchev–Trinajstić information content (AvgIpc) is 3.55. The molecule has 0 aliphatic carbocycles. The quantitative estimate of drug-likeness (QED) is 0.320. The molecular formula is C33H38N4O3. The zero-order valence-electron chi connectivity index (χ0n) is 23.2. The Morgan fingerprint density at radius 1 is 0.900 bits per heavy atom. The van der Waals surface area contributed by atoms with Gasteiger partial charge in [0.15, 0.2) is 6.04 Å². The Hall–Kier alpha value is -4.00. The number of amides is 2. The minimum atomic E-state index is -1.25. The molecule has 40 heavy (non-hydrogen) atoms. The topological polar surface area (TPSA) is 82.1 Å². The highest BCUT2D eigenvalue weighted by atomic mass is 16.3. The second-order valence-corrected chi connectivity index (χ2v) is 10.9. The van der Waals surface area contributed by atoms with Gasteiger partial charge in [0.25, 0.3) is 0 Å². The van der Waals surface area contributed by atoms with Gasteiger partial charge in [-0.25, -0.2) is 0 Å². The van der Waals surface area contributed by atoms with Gasteiger partial charge in [0.05, 0.1) is 12.5 Å². The van der Waals surface area contributed by atoms with Crippen molar-refractivity contribution in [3.05, 3.63) is 94.4 Å². The van der Waals surface area contributed by atoms with E-state index in [1.54, 1.807) is 4.90 Å². The highest BCUT2D eigenvalue weighted by Crippen LogP contribution is 2.29. The first-order valence-electron chi connectivity index (χ1n) is 14.5. The van der Waals surface area contributed by atoms with E-state index in [0.29, 0.717) is 13.1 Å². The Labute approximate surface area is 236 Å². The highest BCUT2D eigenvalue weighted by molar-refractivity contribution is 5.89. The minimum absolute atomic E-state index is 0.220. The number of nitroso groups, excluding NO2 is 1. The lowest BCUT2D eigenvalue weighted by atomic mass is 9.97. The van der Waals surface area contributed by atoms with E-state index in [0.717, 1.165) is 54.6 Å². The lowest BCUT2D eigenvalue weighted by molar-refractivity contribution is -0.135. The van der Waals surface area contributed by atoms with Crippen LogP contribution in [0.5, 0.6) is 0 Å². The monoisotopic (exact) mass is 538 g/mol. The van der Waals surface area contributed by atoms with Crippen LogP contribution in [0.15, 0.2) is 78.0 Å². The molecule has 0 spiro atoms. The summed E-state index contributed by atoms with van der Waals surface area (Å²) >= 11 is 0. The summed E-state index contributed by atoms with van der Waals surface area (Å²) in [6.45, 7) is 5.34. The van der Waals surface area contributed by atoms with Crippen molar-refractivity contribution < 1.29 is 9.59 Å². The summed E-state index contributed by atoms with van der Waals surface area (Å²) in [5, 5.41) is 6.06. The van der Waals surface area contributed by atoms with E-state index < -0.39 is 11.9 Å². The van der Waals surface area contributed by atoms with Gasteiger partial charge < -0.3 is 15.1 Å². The first-order chi connectivity index (χ1) is 19.6. The lowest BCUT2D eigenvalue weighted by Crippen LogP contribution is -2.42. The summed E-state index contributed by atoms with van der Waals surface area (Å²) in [6, 6.07) is 23.4. The fourth-order valence-corrected chi connectivity index (χ4v) is 5.83. The predicted molar refractivity (Wildman–Crippen MR) is 159 cm³/mol. The number of benzene rings is 3. The predicted octanol–water partition coefficient (Wildman–Crippen LogP) is 6.02. The maximum absolute atomic E-state index is 13.1. The van der Waals surface area contributed by atoms with Gasteiger partial charge in [0.2, 0.25) is 11.8 Å². The van der Waals surface area contributed by atoms with E-state index in [2.05, 4.69) is 64.8 Å². The zero-order chi connectivity index (χ0) is 27.9. The molecule has 208 valence electrons. The van der Waals surface area contributed by atoms with E-state index in [9.17, 15) is 14.5 Å². The van der Waals surface area contributed by atoms with Crippen LogP contribution in [0.1, 0.15) is 61.8 Å². The van der Waals surface area contributed by atoms with Gasteiger partial charge in [-0.05, 0) is 65.6 Å². The summed E-state index contributed by atoms with van der Waals surface area (Å²) < 4.78 is 0. The smallest absolute Gasteiger partial charge is 0.249 e. The molecule has 1 fully saturated rings. The first kappa shape index (κ1) is 27.6. The second kappa shape index (κ2) is 12.9. The number of anilines is 1. The van der Waals surface area contributed by atoms with Gasteiger partial charge in [-0.3, -0.25) is 9.59 Å². The van der Waals surface area contributed by atoms with Crippen LogP contribution in [0.2, 0.25) is 0 Å². The molecule has 7 heteroatoms. The van der Waals surface area contributed by atoms with Crippen LogP contribution in [-0.2, 0) is 22.6 Å². The molecule has 0 bridgehead atoms. The standard InChI is InChI=1S/C33H38N4O3/c1-2-8-30(26-15-13-25(14-16-26)27-11-7-12-29(21-27)36-18-5-6-19-36)34-33(39)31(35-40)22-32(38)37-20-17-24-9-3-4-10-28(24)23-37/h3-4,7,9-16,21,30-31H,2,5-6,8,17-20,22-23H2,1H3,(H,34,39)/t30-,31+/m0/s1. The SMILES string of the molecule is CCC[C@H](NC(=O)[C@@H](CC(=O)N1CCc2ccccc2C1)N=O)c1ccc(-c2cccc(N3CCCC3)c2)cc1. The number of rotatable bonds is 10. The molecular weight excluding hydrogens is 500 g/mol. The van der Waals surface area contributed by atoms with Gasteiger partial charge in [-0.1, -0.05) is 79.2 Å². The third kappa shape index (κ3) is 6.41. The molecule has 2 amide bonds. The summed E-state index contributed by atoms with van der Waals surface area (Å²) in [5.41, 5.74) is 6.85. The fraction of sp³-hybridized carbons (Fsp3) is 0.394. The van der Waals surface area contributed by atoms with Crippen molar-refractivity contribution in [3.63, 3.8) is 0 Å². The third-order valence-corrected chi connectivity index (χ3v) is 8.14. The summed E-state index contributed by atoms with van der Waals surface area (Å²) in [7, 11) is 0. The summed E-state index contributed by atoms with van der Waals surface area (Å²) in [5.74, 6) is -0.719. The second-order valence-electron chi connectivity index (χ2n) is 10.9.